The average molecular weight is 488 g/mol. The van der Waals surface area contributed by atoms with Crippen molar-refractivity contribution in [3.8, 4) is 11.4 Å². The number of imide groups is 1. The molecule has 188 valence electrons. The molecule has 3 heterocycles. The van der Waals surface area contributed by atoms with Gasteiger partial charge in [0.05, 0.1) is 19.0 Å². The normalized spacial score (nSPS) is 21.1. The summed E-state index contributed by atoms with van der Waals surface area (Å²) in [5.41, 5.74) is 2.43. The van der Waals surface area contributed by atoms with E-state index in [-0.39, 0.29) is 17.9 Å². The van der Waals surface area contributed by atoms with E-state index in [0.29, 0.717) is 13.0 Å². The highest BCUT2D eigenvalue weighted by molar-refractivity contribution is 6.07. The van der Waals surface area contributed by atoms with Crippen molar-refractivity contribution in [3.63, 3.8) is 0 Å². The molecule has 5 rings (SSSR count). The Bertz CT molecular complexity index is 1200. The maximum absolute atomic E-state index is 13.4. The van der Waals surface area contributed by atoms with Crippen LogP contribution < -0.4 is 10.1 Å². The molecule has 0 spiro atoms. The second-order valence-electron chi connectivity index (χ2n) is 9.87. The second kappa shape index (κ2) is 10.1. The van der Waals surface area contributed by atoms with Gasteiger partial charge >= 0.3 is 6.03 Å². The molecule has 36 heavy (non-hydrogen) atoms. The van der Waals surface area contributed by atoms with E-state index in [4.69, 9.17) is 4.74 Å². The monoisotopic (exact) mass is 487 g/mol. The van der Waals surface area contributed by atoms with Gasteiger partial charge in [-0.05, 0) is 75.0 Å². The predicted octanol–water partition coefficient (Wildman–Crippen LogP) is 3.65. The summed E-state index contributed by atoms with van der Waals surface area (Å²) in [7, 11) is 1.63. The van der Waals surface area contributed by atoms with Gasteiger partial charge in [-0.1, -0.05) is 30.3 Å². The molecule has 0 unspecified atom stereocenters. The van der Waals surface area contributed by atoms with E-state index in [2.05, 4.69) is 21.5 Å². The zero-order valence-electron chi connectivity index (χ0n) is 20.9. The highest BCUT2D eigenvalue weighted by Crippen LogP contribution is 2.34. The van der Waals surface area contributed by atoms with E-state index in [1.165, 1.54) is 10.5 Å². The number of urea groups is 1. The molecule has 2 saturated heterocycles. The lowest BCUT2D eigenvalue weighted by Gasteiger charge is -2.38. The van der Waals surface area contributed by atoms with Gasteiger partial charge in [-0.15, -0.1) is 0 Å². The highest BCUT2D eigenvalue weighted by atomic mass is 16.5. The third-order valence-corrected chi connectivity index (χ3v) is 7.55. The van der Waals surface area contributed by atoms with Crippen LogP contribution in [-0.2, 0) is 17.8 Å². The Balaban J connectivity index is 1.15. The number of carbonyl (C=O) groups is 2. The molecule has 0 saturated carbocycles. The second-order valence-corrected chi connectivity index (χ2v) is 9.87. The summed E-state index contributed by atoms with van der Waals surface area (Å²) >= 11 is 0. The maximum atomic E-state index is 13.4. The first-order chi connectivity index (χ1) is 17.5. The van der Waals surface area contributed by atoms with Crippen molar-refractivity contribution >= 4 is 11.9 Å². The molecular formula is C28H33N5O3. The number of ether oxygens (including phenoxy) is 1. The minimum absolute atomic E-state index is 0.108. The Morgan fingerprint density at radius 1 is 1.03 bits per heavy atom. The number of rotatable bonds is 8. The van der Waals surface area contributed by atoms with E-state index in [0.717, 1.165) is 49.5 Å². The van der Waals surface area contributed by atoms with Crippen LogP contribution in [0, 0.1) is 5.92 Å². The molecule has 3 aromatic rings. The predicted molar refractivity (Wildman–Crippen MR) is 137 cm³/mol. The van der Waals surface area contributed by atoms with Gasteiger partial charge in [-0.3, -0.25) is 14.6 Å². The van der Waals surface area contributed by atoms with Gasteiger partial charge in [0.1, 0.15) is 11.3 Å². The molecule has 2 aliphatic heterocycles. The molecule has 1 atom stereocenters. The maximum Gasteiger partial charge on any atom is 0.325 e. The van der Waals surface area contributed by atoms with Crippen LogP contribution in [0.5, 0.6) is 5.75 Å². The molecule has 2 fully saturated rings. The van der Waals surface area contributed by atoms with Gasteiger partial charge in [-0.2, -0.15) is 5.10 Å². The summed E-state index contributed by atoms with van der Waals surface area (Å²) in [6.07, 6.45) is 6.34. The first kappa shape index (κ1) is 24.1. The first-order valence-electron chi connectivity index (χ1n) is 12.5. The molecule has 0 aliphatic carbocycles. The lowest BCUT2D eigenvalue weighted by Crippen LogP contribution is -2.53. The van der Waals surface area contributed by atoms with Gasteiger partial charge in [0.2, 0.25) is 0 Å². The van der Waals surface area contributed by atoms with Crippen LogP contribution in [0.25, 0.3) is 5.69 Å². The Morgan fingerprint density at radius 2 is 1.75 bits per heavy atom. The quantitative estimate of drug-likeness (QED) is 0.491. The Hall–Kier alpha value is -3.65. The summed E-state index contributed by atoms with van der Waals surface area (Å²) in [6, 6.07) is 17.5. The van der Waals surface area contributed by atoms with Gasteiger partial charge in [0, 0.05) is 24.8 Å². The van der Waals surface area contributed by atoms with Gasteiger partial charge in [0.25, 0.3) is 5.91 Å². The number of para-hydroxylation sites is 1. The van der Waals surface area contributed by atoms with Crippen LogP contribution in [0.15, 0.2) is 67.0 Å². The topological polar surface area (TPSA) is 79.7 Å². The van der Waals surface area contributed by atoms with Gasteiger partial charge in [-0.25, -0.2) is 9.48 Å². The molecule has 0 radical (unpaired) electrons. The number of aromatic nitrogens is 2. The van der Waals surface area contributed by atoms with E-state index < -0.39 is 5.54 Å². The molecular weight excluding hydrogens is 454 g/mol. The van der Waals surface area contributed by atoms with E-state index in [1.807, 2.05) is 72.4 Å². The highest BCUT2D eigenvalue weighted by Gasteiger charge is 2.52. The van der Waals surface area contributed by atoms with Crippen LogP contribution in [0.3, 0.4) is 0 Å². The van der Waals surface area contributed by atoms with Crippen molar-refractivity contribution < 1.29 is 14.3 Å². The van der Waals surface area contributed by atoms with Crippen LogP contribution in [0.2, 0.25) is 0 Å². The smallest absolute Gasteiger partial charge is 0.325 e. The Labute approximate surface area is 211 Å². The molecule has 1 N–H and O–H groups in total. The SMILES string of the molecule is COc1ccc(CCN2C(=O)N[C@](C)(C3CCN(Cc4cnn(-c5ccccc5)c4)CC3)C2=O)cc1. The molecule has 8 nitrogen and oxygen atoms in total. The summed E-state index contributed by atoms with van der Waals surface area (Å²) in [6.45, 7) is 4.85. The first-order valence-corrected chi connectivity index (χ1v) is 12.5. The lowest BCUT2D eigenvalue weighted by atomic mass is 9.79. The number of amides is 3. The number of hydrogen-bond acceptors (Lipinski definition) is 5. The van der Waals surface area contributed by atoms with E-state index in [1.54, 1.807) is 7.11 Å². The number of nitrogens with zero attached hydrogens (tertiary/aromatic N) is 4. The summed E-state index contributed by atoms with van der Waals surface area (Å²) < 4.78 is 7.10. The number of benzene rings is 2. The molecule has 8 heteroatoms. The summed E-state index contributed by atoms with van der Waals surface area (Å²) in [5.74, 6) is 0.796. The fourth-order valence-electron chi connectivity index (χ4n) is 5.32. The van der Waals surface area contributed by atoms with Crippen molar-refractivity contribution in [3.05, 3.63) is 78.1 Å². The number of nitrogens with one attached hydrogen (secondary N) is 1. The van der Waals surface area contributed by atoms with Crippen molar-refractivity contribution in [2.24, 2.45) is 5.92 Å². The third-order valence-electron chi connectivity index (χ3n) is 7.55. The summed E-state index contributed by atoms with van der Waals surface area (Å²) in [5, 5.41) is 7.53. The summed E-state index contributed by atoms with van der Waals surface area (Å²) in [4.78, 5) is 29.9. The molecule has 1 aromatic heterocycles. The zero-order chi connectivity index (χ0) is 25.1. The average Bonchev–Trinajstić information content (AvgIpc) is 3.46. The number of methoxy groups -OCH3 is 1. The van der Waals surface area contributed by atoms with Gasteiger partial charge < -0.3 is 10.1 Å². The minimum atomic E-state index is -0.846. The lowest BCUT2D eigenvalue weighted by molar-refractivity contribution is -0.133. The molecule has 2 aliphatic rings. The van der Waals surface area contributed by atoms with Crippen molar-refractivity contribution in [1.29, 1.82) is 0 Å². The van der Waals surface area contributed by atoms with Crippen molar-refractivity contribution in [1.82, 2.24) is 24.9 Å². The van der Waals surface area contributed by atoms with Gasteiger partial charge in [0.15, 0.2) is 0 Å². The van der Waals surface area contributed by atoms with E-state index in [9.17, 15) is 9.59 Å². The minimum Gasteiger partial charge on any atom is -0.497 e. The number of likely N-dealkylation sites (tertiary alicyclic amines) is 1. The number of hydrogen-bond donors (Lipinski definition) is 1. The van der Waals surface area contributed by atoms with Crippen molar-refractivity contribution in [2.75, 3.05) is 26.7 Å². The van der Waals surface area contributed by atoms with E-state index >= 15 is 0 Å². The third kappa shape index (κ3) is 4.86. The molecule has 0 bridgehead atoms. The van der Waals surface area contributed by atoms with Crippen molar-refractivity contribution in [2.45, 2.75) is 38.3 Å². The fraction of sp³-hybridized carbons (Fsp3) is 0.393. The molecule has 3 amide bonds. The van der Waals surface area contributed by atoms with Crippen LogP contribution in [0.1, 0.15) is 30.9 Å². The van der Waals surface area contributed by atoms with Crippen LogP contribution >= 0.6 is 0 Å². The Morgan fingerprint density at radius 3 is 2.44 bits per heavy atom. The molecule has 2 aromatic carbocycles. The largest absolute Gasteiger partial charge is 0.497 e. The zero-order valence-corrected chi connectivity index (χ0v) is 20.9. The number of piperidine rings is 1. The standard InChI is InChI=1S/C28H33N5O3/c1-28(26(34)32(27(35)30-28)17-12-21-8-10-25(36-2)11-9-21)23-13-15-31(16-14-23)19-22-18-29-33(20-22)24-6-4-3-5-7-24/h3-11,18,20,23H,12-17,19H2,1-2H3,(H,30,35)/t28-/m1/s1. The fourth-order valence-corrected chi connectivity index (χ4v) is 5.32. The van der Waals surface area contributed by atoms with Crippen LogP contribution in [-0.4, -0.2) is 63.8 Å². The number of carbonyl (C=O) groups excluding carboxylic acids is 2. The van der Waals surface area contributed by atoms with Crippen LogP contribution in [0.4, 0.5) is 4.79 Å². The Kier molecular flexibility index (Phi) is 6.78.